The number of aromatic nitrogens is 4. The number of benzene rings is 1. The summed E-state index contributed by atoms with van der Waals surface area (Å²) < 4.78 is 47.3. The van der Waals surface area contributed by atoms with Crippen LogP contribution in [0.3, 0.4) is 0 Å². The second-order valence-electron chi connectivity index (χ2n) is 8.54. The van der Waals surface area contributed by atoms with Crippen molar-refractivity contribution in [3.8, 4) is 22.6 Å². The molecule has 0 spiro atoms. The summed E-state index contributed by atoms with van der Waals surface area (Å²) in [5.74, 6) is -2.46. The van der Waals surface area contributed by atoms with E-state index in [2.05, 4.69) is 20.0 Å². The first kappa shape index (κ1) is 24.2. The highest BCUT2D eigenvalue weighted by atomic mass is 19.1. The number of halogens is 2. The molecule has 5 rings (SSSR count). The number of nitrogens with one attached hydrogen (secondary N) is 1. The Morgan fingerprint density at radius 2 is 1.78 bits per heavy atom. The molecule has 0 saturated carbocycles. The summed E-state index contributed by atoms with van der Waals surface area (Å²) >= 11 is 0. The van der Waals surface area contributed by atoms with Gasteiger partial charge in [-0.2, -0.15) is 5.10 Å². The molecule has 4 heterocycles. The van der Waals surface area contributed by atoms with Crippen molar-refractivity contribution in [2.45, 2.75) is 12.6 Å². The summed E-state index contributed by atoms with van der Waals surface area (Å²) in [5.41, 5.74) is 1.79. The fraction of sp³-hybridized carbons (Fsp3) is 0.360. The van der Waals surface area contributed by atoms with Gasteiger partial charge in [0.1, 0.15) is 11.8 Å². The van der Waals surface area contributed by atoms with E-state index in [0.29, 0.717) is 11.0 Å². The summed E-state index contributed by atoms with van der Waals surface area (Å²) in [6.07, 6.45) is 5.22. The van der Waals surface area contributed by atoms with Gasteiger partial charge in [0.2, 0.25) is 0 Å². The van der Waals surface area contributed by atoms with Crippen LogP contribution in [0.5, 0.6) is 11.5 Å². The SMILES string of the molecule is COc1cc(OC)c(F)c(C(O)c2c[nH]c3ncc(-c4cnn(CCN5CCOCC5)c4)cc23)c1F. The number of H-pyrrole nitrogens is 1. The third kappa shape index (κ3) is 4.52. The maximum Gasteiger partial charge on any atom is 0.174 e. The Balaban J connectivity index is 1.44. The van der Waals surface area contributed by atoms with Crippen molar-refractivity contribution < 1.29 is 28.1 Å². The molecule has 0 aliphatic carbocycles. The molecule has 1 aliphatic heterocycles. The molecule has 36 heavy (non-hydrogen) atoms. The van der Waals surface area contributed by atoms with Gasteiger partial charge in [0.05, 0.1) is 45.7 Å². The molecule has 4 aromatic rings. The van der Waals surface area contributed by atoms with E-state index in [9.17, 15) is 5.11 Å². The number of pyridine rings is 1. The minimum absolute atomic E-state index is 0.231. The van der Waals surface area contributed by atoms with Gasteiger partial charge in [-0.05, 0) is 6.07 Å². The molecule has 3 aromatic heterocycles. The van der Waals surface area contributed by atoms with Gasteiger partial charge < -0.3 is 24.3 Å². The van der Waals surface area contributed by atoms with E-state index in [1.54, 1.807) is 12.4 Å². The summed E-state index contributed by atoms with van der Waals surface area (Å²) in [4.78, 5) is 9.72. The summed E-state index contributed by atoms with van der Waals surface area (Å²) in [7, 11) is 2.52. The Morgan fingerprint density at radius 1 is 1.06 bits per heavy atom. The summed E-state index contributed by atoms with van der Waals surface area (Å²) in [5, 5.41) is 16.1. The van der Waals surface area contributed by atoms with Gasteiger partial charge in [-0.25, -0.2) is 13.8 Å². The average Bonchev–Trinajstić information content (AvgIpc) is 3.55. The second kappa shape index (κ2) is 10.2. The number of ether oxygens (including phenoxy) is 3. The number of aliphatic hydroxyl groups is 1. The highest BCUT2D eigenvalue weighted by Crippen LogP contribution is 2.39. The number of nitrogens with zero attached hydrogens (tertiary/aromatic N) is 4. The minimum atomic E-state index is -1.63. The lowest BCUT2D eigenvalue weighted by Gasteiger charge is -2.26. The van der Waals surface area contributed by atoms with Crippen molar-refractivity contribution in [2.24, 2.45) is 0 Å². The maximum atomic E-state index is 15.0. The van der Waals surface area contributed by atoms with Crippen molar-refractivity contribution >= 4 is 11.0 Å². The van der Waals surface area contributed by atoms with Gasteiger partial charge in [-0.1, -0.05) is 0 Å². The van der Waals surface area contributed by atoms with E-state index in [1.165, 1.54) is 20.4 Å². The van der Waals surface area contributed by atoms with Gasteiger partial charge in [-0.15, -0.1) is 0 Å². The predicted molar refractivity (Wildman–Crippen MR) is 128 cm³/mol. The molecule has 9 nitrogen and oxygen atoms in total. The molecule has 1 unspecified atom stereocenters. The van der Waals surface area contributed by atoms with Crippen molar-refractivity contribution in [3.63, 3.8) is 0 Å². The van der Waals surface area contributed by atoms with E-state index in [1.807, 2.05) is 16.9 Å². The first-order valence-corrected chi connectivity index (χ1v) is 11.6. The van der Waals surface area contributed by atoms with E-state index >= 15 is 8.78 Å². The van der Waals surface area contributed by atoms with Crippen LogP contribution in [-0.2, 0) is 11.3 Å². The quantitative estimate of drug-likeness (QED) is 0.384. The Bertz CT molecular complexity index is 1340. The van der Waals surface area contributed by atoms with E-state index in [-0.39, 0.29) is 17.1 Å². The number of fused-ring (bicyclic) bond motifs is 1. The molecule has 0 radical (unpaired) electrons. The number of morpholine rings is 1. The third-order valence-electron chi connectivity index (χ3n) is 6.45. The van der Waals surface area contributed by atoms with E-state index in [0.717, 1.165) is 56.6 Å². The van der Waals surface area contributed by atoms with Crippen molar-refractivity contribution in [1.82, 2.24) is 24.6 Å². The van der Waals surface area contributed by atoms with E-state index in [4.69, 9.17) is 14.2 Å². The summed E-state index contributed by atoms with van der Waals surface area (Å²) in [6.45, 7) is 4.92. The zero-order valence-electron chi connectivity index (χ0n) is 20.0. The molecule has 1 fully saturated rings. The first-order chi connectivity index (χ1) is 17.5. The highest BCUT2D eigenvalue weighted by molar-refractivity contribution is 5.85. The second-order valence-corrected chi connectivity index (χ2v) is 8.54. The number of hydrogen-bond acceptors (Lipinski definition) is 7. The normalized spacial score (nSPS) is 15.4. The van der Waals surface area contributed by atoms with Crippen molar-refractivity contribution in [2.75, 3.05) is 47.1 Å². The Kier molecular flexibility index (Phi) is 6.86. The number of aromatic amines is 1. The highest BCUT2D eigenvalue weighted by Gasteiger charge is 2.28. The topological polar surface area (TPSA) is 97.7 Å². The molecule has 190 valence electrons. The van der Waals surface area contributed by atoms with Crippen LogP contribution in [0.1, 0.15) is 17.2 Å². The summed E-state index contributed by atoms with van der Waals surface area (Å²) in [6, 6.07) is 2.92. The van der Waals surface area contributed by atoms with Gasteiger partial charge >= 0.3 is 0 Å². The molecule has 2 N–H and O–H groups in total. The number of hydrogen-bond donors (Lipinski definition) is 2. The standard InChI is InChI=1S/C25H27F2N5O4/c1-34-19-10-20(35-2)23(27)21(22(19)26)24(33)18-13-29-25-17(18)9-15(11-28-25)16-12-30-32(14-16)4-3-31-5-7-36-8-6-31/h9-14,24,33H,3-8H2,1-2H3,(H,28,29). The number of aliphatic hydroxyl groups excluding tert-OH is 1. The molecule has 11 heteroatoms. The molecule has 1 aromatic carbocycles. The zero-order chi connectivity index (χ0) is 25.2. The molecule has 1 saturated heterocycles. The lowest BCUT2D eigenvalue weighted by molar-refractivity contribution is 0.0360. The van der Waals surface area contributed by atoms with Gasteiger partial charge in [0.25, 0.3) is 0 Å². The largest absolute Gasteiger partial charge is 0.494 e. The van der Waals surface area contributed by atoms with Crippen LogP contribution in [0.15, 0.2) is 36.9 Å². The average molecular weight is 500 g/mol. The first-order valence-electron chi connectivity index (χ1n) is 11.6. The monoisotopic (exact) mass is 499 g/mol. The van der Waals surface area contributed by atoms with Crippen LogP contribution in [0, 0.1) is 11.6 Å². The van der Waals surface area contributed by atoms with Gasteiger partial charge in [-0.3, -0.25) is 9.58 Å². The number of rotatable bonds is 8. The van der Waals surface area contributed by atoms with Gasteiger partial charge in [0, 0.05) is 66.4 Å². The molecular formula is C25H27F2N5O4. The Labute approximate surface area is 206 Å². The van der Waals surface area contributed by atoms with Crippen LogP contribution < -0.4 is 9.47 Å². The molecule has 1 atom stereocenters. The Morgan fingerprint density at radius 3 is 2.47 bits per heavy atom. The van der Waals surface area contributed by atoms with Crippen LogP contribution in [0.2, 0.25) is 0 Å². The Hall–Kier alpha value is -3.54. The lowest BCUT2D eigenvalue weighted by Crippen LogP contribution is -2.38. The molecular weight excluding hydrogens is 472 g/mol. The van der Waals surface area contributed by atoms with E-state index < -0.39 is 23.3 Å². The van der Waals surface area contributed by atoms with Gasteiger partial charge in [0.15, 0.2) is 23.1 Å². The predicted octanol–water partition coefficient (Wildman–Crippen LogP) is 3.14. The zero-order valence-corrected chi connectivity index (χ0v) is 20.0. The van der Waals surface area contributed by atoms with Crippen molar-refractivity contribution in [1.29, 1.82) is 0 Å². The minimum Gasteiger partial charge on any atom is -0.494 e. The van der Waals surface area contributed by atoms with Crippen LogP contribution >= 0.6 is 0 Å². The van der Waals surface area contributed by atoms with Crippen LogP contribution in [0.4, 0.5) is 8.78 Å². The molecule has 1 aliphatic rings. The number of methoxy groups -OCH3 is 2. The molecule has 0 amide bonds. The van der Waals surface area contributed by atoms with Crippen LogP contribution in [0.25, 0.3) is 22.2 Å². The van der Waals surface area contributed by atoms with Crippen molar-refractivity contribution in [3.05, 3.63) is 59.7 Å². The lowest BCUT2D eigenvalue weighted by atomic mass is 9.98. The fourth-order valence-corrected chi connectivity index (χ4v) is 4.41. The maximum absolute atomic E-state index is 15.0. The van der Waals surface area contributed by atoms with Crippen LogP contribution in [-0.4, -0.2) is 76.8 Å². The fourth-order valence-electron chi connectivity index (χ4n) is 4.41. The smallest absolute Gasteiger partial charge is 0.174 e. The molecule has 0 bridgehead atoms. The third-order valence-corrected chi connectivity index (χ3v) is 6.45.